The van der Waals surface area contributed by atoms with E-state index < -0.39 is 0 Å². The smallest absolute Gasteiger partial charge is 0.223 e. The zero-order valence-corrected chi connectivity index (χ0v) is 16.0. The average Bonchev–Trinajstić information content (AvgIpc) is 2.71. The van der Waals surface area contributed by atoms with E-state index in [4.69, 9.17) is 9.57 Å². The Bertz CT molecular complexity index is 572. The van der Waals surface area contributed by atoms with Gasteiger partial charge in [-0.05, 0) is 62.1 Å². The Morgan fingerprint density at radius 3 is 3.00 bits per heavy atom. The van der Waals surface area contributed by atoms with Gasteiger partial charge in [-0.15, -0.1) is 0 Å². The molecule has 0 saturated carbocycles. The Morgan fingerprint density at radius 1 is 1.27 bits per heavy atom. The molecular formula is C21H32N2O3. The maximum atomic E-state index is 12.6. The van der Waals surface area contributed by atoms with Crippen molar-refractivity contribution in [2.24, 2.45) is 5.92 Å². The molecule has 0 unspecified atom stereocenters. The van der Waals surface area contributed by atoms with Crippen molar-refractivity contribution in [3.63, 3.8) is 0 Å². The van der Waals surface area contributed by atoms with Crippen LogP contribution in [0.15, 0.2) is 24.3 Å². The Labute approximate surface area is 157 Å². The zero-order valence-electron chi connectivity index (χ0n) is 16.0. The minimum Gasteiger partial charge on any atom is -0.497 e. The summed E-state index contributed by atoms with van der Waals surface area (Å²) < 4.78 is 5.30. The molecule has 0 bridgehead atoms. The van der Waals surface area contributed by atoms with E-state index >= 15 is 0 Å². The van der Waals surface area contributed by atoms with Crippen LogP contribution in [0.2, 0.25) is 0 Å². The van der Waals surface area contributed by atoms with Crippen molar-refractivity contribution in [2.45, 2.75) is 44.9 Å². The van der Waals surface area contributed by atoms with Crippen LogP contribution in [0.3, 0.4) is 0 Å². The standard InChI is InChI=1S/C21H32N2O3/c1-25-20-8-4-6-18(16-20)9-10-19-7-5-12-22(17-19)21(24)11-14-23-13-2-3-15-26-23/h4,6,8,16,19H,2-3,5,7,9-15,17H2,1H3/t19-/m0/s1. The molecule has 26 heavy (non-hydrogen) atoms. The molecule has 144 valence electrons. The van der Waals surface area contributed by atoms with Crippen molar-refractivity contribution in [2.75, 3.05) is 39.9 Å². The van der Waals surface area contributed by atoms with E-state index in [9.17, 15) is 4.79 Å². The number of methoxy groups -OCH3 is 1. The summed E-state index contributed by atoms with van der Waals surface area (Å²) in [5, 5.41) is 1.96. The maximum absolute atomic E-state index is 12.6. The van der Waals surface area contributed by atoms with Gasteiger partial charge in [-0.25, -0.2) is 0 Å². The third kappa shape index (κ3) is 5.71. The Hall–Kier alpha value is -1.59. The normalized spacial score (nSPS) is 21.6. The molecule has 5 heteroatoms. The summed E-state index contributed by atoms with van der Waals surface area (Å²) in [5.41, 5.74) is 1.31. The van der Waals surface area contributed by atoms with Gasteiger partial charge in [0.15, 0.2) is 0 Å². The van der Waals surface area contributed by atoms with Gasteiger partial charge in [-0.3, -0.25) is 9.63 Å². The van der Waals surface area contributed by atoms with E-state index in [2.05, 4.69) is 17.0 Å². The molecule has 0 aliphatic carbocycles. The molecule has 1 aromatic rings. The first-order valence-corrected chi connectivity index (χ1v) is 10.0. The minimum absolute atomic E-state index is 0.283. The lowest BCUT2D eigenvalue weighted by Crippen LogP contribution is -2.42. The molecule has 1 amide bonds. The molecule has 2 heterocycles. The molecular weight excluding hydrogens is 328 g/mol. The van der Waals surface area contributed by atoms with Gasteiger partial charge in [0.2, 0.25) is 5.91 Å². The largest absolute Gasteiger partial charge is 0.497 e. The third-order valence-corrected chi connectivity index (χ3v) is 5.50. The molecule has 3 rings (SSSR count). The Morgan fingerprint density at radius 2 is 2.19 bits per heavy atom. The highest BCUT2D eigenvalue weighted by Gasteiger charge is 2.24. The number of amides is 1. The predicted molar refractivity (Wildman–Crippen MR) is 102 cm³/mol. The van der Waals surface area contributed by atoms with Gasteiger partial charge in [0, 0.05) is 32.6 Å². The van der Waals surface area contributed by atoms with Gasteiger partial charge >= 0.3 is 0 Å². The van der Waals surface area contributed by atoms with Gasteiger partial charge in [-0.2, -0.15) is 5.06 Å². The number of ether oxygens (including phenoxy) is 1. The van der Waals surface area contributed by atoms with Gasteiger partial charge in [-0.1, -0.05) is 12.1 Å². The van der Waals surface area contributed by atoms with E-state index in [0.717, 1.165) is 64.2 Å². The summed E-state index contributed by atoms with van der Waals surface area (Å²) in [6, 6.07) is 8.31. The summed E-state index contributed by atoms with van der Waals surface area (Å²) in [7, 11) is 1.71. The summed E-state index contributed by atoms with van der Waals surface area (Å²) >= 11 is 0. The van der Waals surface area contributed by atoms with E-state index in [1.807, 2.05) is 17.2 Å². The molecule has 1 aromatic carbocycles. The SMILES string of the molecule is COc1cccc(CC[C@@H]2CCCN(C(=O)CCN3CCCCO3)C2)c1. The molecule has 0 N–H and O–H groups in total. The molecule has 1 atom stereocenters. The van der Waals surface area contributed by atoms with Gasteiger partial charge in [0.1, 0.15) is 5.75 Å². The van der Waals surface area contributed by atoms with Crippen LogP contribution in [-0.2, 0) is 16.1 Å². The number of carbonyl (C=O) groups is 1. The molecule has 0 spiro atoms. The van der Waals surface area contributed by atoms with Crippen molar-refractivity contribution in [3.8, 4) is 5.75 Å². The fourth-order valence-corrected chi connectivity index (χ4v) is 3.93. The second-order valence-corrected chi connectivity index (χ2v) is 7.46. The number of benzene rings is 1. The van der Waals surface area contributed by atoms with Crippen molar-refractivity contribution in [1.82, 2.24) is 9.96 Å². The molecule has 5 nitrogen and oxygen atoms in total. The topological polar surface area (TPSA) is 42.0 Å². The first-order chi connectivity index (χ1) is 12.7. The Kier molecular flexibility index (Phi) is 7.32. The number of likely N-dealkylation sites (tertiary alicyclic amines) is 1. The number of piperidine rings is 1. The first-order valence-electron chi connectivity index (χ1n) is 10.0. The number of hydrogen-bond donors (Lipinski definition) is 0. The van der Waals surface area contributed by atoms with Crippen LogP contribution in [0.5, 0.6) is 5.75 Å². The van der Waals surface area contributed by atoms with Crippen LogP contribution in [0.1, 0.15) is 44.1 Å². The monoisotopic (exact) mass is 360 g/mol. The predicted octanol–water partition coefficient (Wildman–Crippen LogP) is 3.28. The highest BCUT2D eigenvalue weighted by atomic mass is 16.7. The molecule has 0 aromatic heterocycles. The van der Waals surface area contributed by atoms with Crippen LogP contribution in [0.4, 0.5) is 0 Å². The third-order valence-electron chi connectivity index (χ3n) is 5.50. The Balaban J connectivity index is 1.42. The summed E-state index contributed by atoms with van der Waals surface area (Å²) in [6.07, 6.45) is 7.40. The van der Waals surface area contributed by atoms with E-state index in [1.54, 1.807) is 7.11 Å². The number of rotatable bonds is 7. The van der Waals surface area contributed by atoms with E-state index in [0.29, 0.717) is 12.3 Å². The second-order valence-electron chi connectivity index (χ2n) is 7.46. The van der Waals surface area contributed by atoms with E-state index in [1.165, 1.54) is 18.4 Å². The highest BCUT2D eigenvalue weighted by Crippen LogP contribution is 2.23. The number of hydroxylamine groups is 2. The summed E-state index contributed by atoms with van der Waals surface area (Å²) in [6.45, 7) is 4.30. The van der Waals surface area contributed by atoms with Crippen LogP contribution < -0.4 is 4.74 Å². The number of nitrogens with zero attached hydrogens (tertiary/aromatic N) is 2. The number of carbonyl (C=O) groups excluding carboxylic acids is 1. The summed E-state index contributed by atoms with van der Waals surface area (Å²) in [4.78, 5) is 20.2. The van der Waals surface area contributed by atoms with Crippen molar-refractivity contribution in [3.05, 3.63) is 29.8 Å². The van der Waals surface area contributed by atoms with Gasteiger partial charge in [0.25, 0.3) is 0 Å². The molecule has 2 fully saturated rings. The van der Waals surface area contributed by atoms with Crippen molar-refractivity contribution < 1.29 is 14.4 Å². The molecule has 2 saturated heterocycles. The van der Waals surface area contributed by atoms with Gasteiger partial charge in [0.05, 0.1) is 13.7 Å². The summed E-state index contributed by atoms with van der Waals surface area (Å²) in [5.74, 6) is 1.80. The lowest BCUT2D eigenvalue weighted by molar-refractivity contribution is -0.182. The first kappa shape index (κ1) is 19.2. The zero-order chi connectivity index (χ0) is 18.2. The molecule has 2 aliphatic rings. The fraction of sp³-hybridized carbons (Fsp3) is 0.667. The van der Waals surface area contributed by atoms with E-state index in [-0.39, 0.29) is 5.91 Å². The lowest BCUT2D eigenvalue weighted by atomic mass is 9.91. The van der Waals surface area contributed by atoms with Crippen LogP contribution in [0, 0.1) is 5.92 Å². The number of hydrogen-bond acceptors (Lipinski definition) is 4. The van der Waals surface area contributed by atoms with Crippen LogP contribution >= 0.6 is 0 Å². The van der Waals surface area contributed by atoms with Gasteiger partial charge < -0.3 is 9.64 Å². The van der Waals surface area contributed by atoms with Crippen molar-refractivity contribution >= 4 is 5.91 Å². The molecule has 0 radical (unpaired) electrons. The molecule has 2 aliphatic heterocycles. The maximum Gasteiger partial charge on any atom is 0.223 e. The van der Waals surface area contributed by atoms with Crippen LogP contribution in [0.25, 0.3) is 0 Å². The quantitative estimate of drug-likeness (QED) is 0.748. The fourth-order valence-electron chi connectivity index (χ4n) is 3.93. The average molecular weight is 360 g/mol. The number of aryl methyl sites for hydroxylation is 1. The minimum atomic E-state index is 0.283. The van der Waals surface area contributed by atoms with Crippen LogP contribution in [-0.4, -0.2) is 55.8 Å². The highest BCUT2D eigenvalue weighted by molar-refractivity contribution is 5.76. The lowest BCUT2D eigenvalue weighted by Gasteiger charge is -2.34. The van der Waals surface area contributed by atoms with Crippen molar-refractivity contribution in [1.29, 1.82) is 0 Å². The second kappa shape index (κ2) is 9.93.